The van der Waals surface area contributed by atoms with Gasteiger partial charge in [-0.15, -0.1) is 0 Å². The Labute approximate surface area is 110 Å². The SMILES string of the molecule is Cc1ccc(C)c(C(N)CS(=O)(=O)C(C)(C)C)c1. The van der Waals surface area contributed by atoms with Crippen LogP contribution in [0.5, 0.6) is 0 Å². The van der Waals surface area contributed by atoms with E-state index >= 15 is 0 Å². The summed E-state index contributed by atoms with van der Waals surface area (Å²) in [5.41, 5.74) is 9.12. The Morgan fingerprint density at radius 1 is 1.22 bits per heavy atom. The summed E-state index contributed by atoms with van der Waals surface area (Å²) in [6.07, 6.45) is 0. The zero-order valence-corrected chi connectivity index (χ0v) is 12.6. The molecule has 1 unspecified atom stereocenters. The molecule has 1 aromatic carbocycles. The summed E-state index contributed by atoms with van der Waals surface area (Å²) >= 11 is 0. The molecular weight excluding hydrogens is 246 g/mol. The van der Waals surface area contributed by atoms with Gasteiger partial charge in [-0.3, -0.25) is 0 Å². The van der Waals surface area contributed by atoms with Gasteiger partial charge in [-0.1, -0.05) is 23.8 Å². The molecular formula is C14H23NO2S. The summed E-state index contributed by atoms with van der Waals surface area (Å²) in [5.74, 6) is -0.0131. The quantitative estimate of drug-likeness (QED) is 0.917. The van der Waals surface area contributed by atoms with Crippen LogP contribution in [0.1, 0.15) is 43.5 Å². The summed E-state index contributed by atoms with van der Waals surface area (Å²) in [6, 6.07) is 5.49. The van der Waals surface area contributed by atoms with E-state index in [1.54, 1.807) is 20.8 Å². The fraction of sp³-hybridized carbons (Fsp3) is 0.571. The maximum Gasteiger partial charge on any atom is 0.157 e. The number of sulfone groups is 1. The molecule has 0 spiro atoms. The Balaban J connectivity index is 3.03. The third-order valence-electron chi connectivity index (χ3n) is 3.17. The van der Waals surface area contributed by atoms with E-state index < -0.39 is 20.6 Å². The van der Waals surface area contributed by atoms with Gasteiger partial charge in [-0.2, -0.15) is 0 Å². The van der Waals surface area contributed by atoms with Crippen LogP contribution in [0.3, 0.4) is 0 Å². The molecule has 18 heavy (non-hydrogen) atoms. The van der Waals surface area contributed by atoms with Crippen molar-refractivity contribution in [1.82, 2.24) is 0 Å². The van der Waals surface area contributed by atoms with Crippen molar-refractivity contribution in [3.63, 3.8) is 0 Å². The molecule has 0 amide bonds. The molecule has 0 aliphatic carbocycles. The lowest BCUT2D eigenvalue weighted by atomic mass is 10.0. The van der Waals surface area contributed by atoms with Crippen LogP contribution in [0.4, 0.5) is 0 Å². The van der Waals surface area contributed by atoms with E-state index in [1.807, 2.05) is 32.0 Å². The average molecular weight is 269 g/mol. The van der Waals surface area contributed by atoms with Gasteiger partial charge in [0.1, 0.15) is 0 Å². The van der Waals surface area contributed by atoms with E-state index in [0.717, 1.165) is 16.7 Å². The molecule has 102 valence electrons. The lowest BCUT2D eigenvalue weighted by Gasteiger charge is -2.23. The summed E-state index contributed by atoms with van der Waals surface area (Å²) in [4.78, 5) is 0. The van der Waals surface area contributed by atoms with E-state index in [4.69, 9.17) is 5.73 Å². The molecule has 2 N–H and O–H groups in total. The van der Waals surface area contributed by atoms with E-state index in [1.165, 1.54) is 0 Å². The normalized spacial score (nSPS) is 14.6. The van der Waals surface area contributed by atoms with Crippen molar-refractivity contribution in [2.24, 2.45) is 5.73 Å². The van der Waals surface area contributed by atoms with Crippen LogP contribution in [-0.2, 0) is 9.84 Å². The van der Waals surface area contributed by atoms with Crippen molar-refractivity contribution in [1.29, 1.82) is 0 Å². The topological polar surface area (TPSA) is 60.2 Å². The Bertz CT molecular complexity index is 527. The summed E-state index contributed by atoms with van der Waals surface area (Å²) in [7, 11) is -3.20. The molecule has 0 saturated carbocycles. The molecule has 3 nitrogen and oxygen atoms in total. The van der Waals surface area contributed by atoms with Crippen molar-refractivity contribution in [3.05, 3.63) is 34.9 Å². The second-order valence-corrected chi connectivity index (χ2v) is 8.65. The van der Waals surface area contributed by atoms with Gasteiger partial charge in [0.05, 0.1) is 10.5 Å². The summed E-state index contributed by atoms with van der Waals surface area (Å²) < 4.78 is 23.5. The van der Waals surface area contributed by atoms with Crippen LogP contribution >= 0.6 is 0 Å². The maximum atomic E-state index is 12.2. The minimum absolute atomic E-state index is 0.0131. The first-order chi connectivity index (χ1) is 8.04. The zero-order chi connectivity index (χ0) is 14.1. The van der Waals surface area contributed by atoms with Gasteiger partial charge in [0.2, 0.25) is 0 Å². The number of aryl methyl sites for hydroxylation is 2. The van der Waals surface area contributed by atoms with Crippen molar-refractivity contribution < 1.29 is 8.42 Å². The summed E-state index contributed by atoms with van der Waals surface area (Å²) in [5, 5.41) is 0. The van der Waals surface area contributed by atoms with Crippen LogP contribution in [0.25, 0.3) is 0 Å². The minimum atomic E-state index is -3.20. The minimum Gasteiger partial charge on any atom is -0.323 e. The highest BCUT2D eigenvalue weighted by Gasteiger charge is 2.31. The second-order valence-electron chi connectivity index (χ2n) is 5.86. The van der Waals surface area contributed by atoms with Crippen molar-refractivity contribution in [2.75, 3.05) is 5.75 Å². The highest BCUT2D eigenvalue weighted by atomic mass is 32.2. The number of hydrogen-bond acceptors (Lipinski definition) is 3. The third kappa shape index (κ3) is 3.33. The van der Waals surface area contributed by atoms with Crippen LogP contribution in [-0.4, -0.2) is 18.9 Å². The molecule has 0 bridgehead atoms. The van der Waals surface area contributed by atoms with Crippen molar-refractivity contribution in [3.8, 4) is 0 Å². The fourth-order valence-corrected chi connectivity index (χ4v) is 2.89. The lowest BCUT2D eigenvalue weighted by molar-refractivity contribution is 0.553. The van der Waals surface area contributed by atoms with E-state index in [0.29, 0.717) is 0 Å². The van der Waals surface area contributed by atoms with Gasteiger partial charge in [0, 0.05) is 6.04 Å². The molecule has 0 aromatic heterocycles. The first kappa shape index (κ1) is 15.2. The van der Waals surface area contributed by atoms with E-state index in [-0.39, 0.29) is 5.75 Å². The van der Waals surface area contributed by atoms with E-state index in [2.05, 4.69) is 0 Å². The molecule has 0 fully saturated rings. The maximum absolute atomic E-state index is 12.2. The van der Waals surface area contributed by atoms with Gasteiger partial charge in [0.25, 0.3) is 0 Å². The zero-order valence-electron chi connectivity index (χ0n) is 11.8. The van der Waals surface area contributed by atoms with Crippen LogP contribution in [0.2, 0.25) is 0 Å². The first-order valence-electron chi connectivity index (χ1n) is 6.09. The van der Waals surface area contributed by atoms with Crippen molar-refractivity contribution >= 4 is 9.84 Å². The Hall–Kier alpha value is -0.870. The van der Waals surface area contributed by atoms with Gasteiger partial charge in [0.15, 0.2) is 9.84 Å². The van der Waals surface area contributed by atoms with Gasteiger partial charge >= 0.3 is 0 Å². The molecule has 1 rings (SSSR count). The van der Waals surface area contributed by atoms with Crippen LogP contribution in [0.15, 0.2) is 18.2 Å². The molecule has 0 radical (unpaired) electrons. The number of benzene rings is 1. The molecule has 0 saturated heterocycles. The number of rotatable bonds is 3. The second kappa shape index (κ2) is 5.02. The molecule has 0 heterocycles. The van der Waals surface area contributed by atoms with Gasteiger partial charge in [-0.25, -0.2) is 8.42 Å². The van der Waals surface area contributed by atoms with Gasteiger partial charge < -0.3 is 5.73 Å². The van der Waals surface area contributed by atoms with Crippen molar-refractivity contribution in [2.45, 2.75) is 45.4 Å². The average Bonchev–Trinajstić information content (AvgIpc) is 2.19. The highest BCUT2D eigenvalue weighted by molar-refractivity contribution is 7.92. The Kier molecular flexibility index (Phi) is 4.23. The fourth-order valence-electron chi connectivity index (χ4n) is 1.74. The third-order valence-corrected chi connectivity index (χ3v) is 5.83. The predicted molar refractivity (Wildman–Crippen MR) is 76.4 cm³/mol. The predicted octanol–water partition coefficient (Wildman–Crippen LogP) is 2.52. The van der Waals surface area contributed by atoms with E-state index in [9.17, 15) is 8.42 Å². The van der Waals surface area contributed by atoms with Crippen LogP contribution < -0.4 is 5.73 Å². The largest absolute Gasteiger partial charge is 0.323 e. The van der Waals surface area contributed by atoms with Gasteiger partial charge in [-0.05, 0) is 45.7 Å². The van der Waals surface area contributed by atoms with Crippen LogP contribution in [0, 0.1) is 13.8 Å². The Morgan fingerprint density at radius 2 is 1.78 bits per heavy atom. The summed E-state index contributed by atoms with van der Waals surface area (Å²) in [6.45, 7) is 9.06. The molecule has 0 aliphatic rings. The molecule has 1 atom stereocenters. The first-order valence-corrected chi connectivity index (χ1v) is 7.75. The number of hydrogen-bond donors (Lipinski definition) is 1. The highest BCUT2D eigenvalue weighted by Crippen LogP contribution is 2.24. The lowest BCUT2D eigenvalue weighted by Crippen LogP contribution is -2.35. The monoisotopic (exact) mass is 269 g/mol. The molecule has 0 aliphatic heterocycles. The standard InChI is InChI=1S/C14H23NO2S/c1-10-6-7-11(2)12(8-10)13(15)9-18(16,17)14(3,4)5/h6-8,13H,9,15H2,1-5H3. The molecule has 4 heteroatoms. The molecule has 1 aromatic rings. The number of nitrogens with two attached hydrogens (primary N) is 1. The Morgan fingerprint density at radius 3 is 2.28 bits per heavy atom. The smallest absolute Gasteiger partial charge is 0.157 e.